The molecule has 98 valence electrons. The summed E-state index contributed by atoms with van der Waals surface area (Å²) in [6.07, 6.45) is 3.03. The number of nitrogens with one attached hydrogen (secondary N) is 1. The van der Waals surface area contributed by atoms with E-state index in [-0.39, 0.29) is 23.3 Å². The highest BCUT2D eigenvalue weighted by Crippen LogP contribution is 2.38. The van der Waals surface area contributed by atoms with Gasteiger partial charge in [-0.1, -0.05) is 13.8 Å². The van der Waals surface area contributed by atoms with Crippen LogP contribution in [0.5, 0.6) is 0 Å². The second-order valence-electron chi connectivity index (χ2n) is 5.22. The molecular formula is C13H18N2O3. The second-order valence-corrected chi connectivity index (χ2v) is 5.22. The maximum absolute atomic E-state index is 12.2. The summed E-state index contributed by atoms with van der Waals surface area (Å²) in [5.74, 6) is 0.442. The summed E-state index contributed by atoms with van der Waals surface area (Å²) in [4.78, 5) is 37.9. The van der Waals surface area contributed by atoms with Crippen LogP contribution in [0.25, 0.3) is 0 Å². The molecule has 1 fully saturated rings. The Balaban J connectivity index is 2.58. The topological polar surface area (TPSA) is 71.9 Å². The zero-order valence-electron chi connectivity index (χ0n) is 10.9. The number of ketones is 1. The molecule has 0 radical (unpaired) electrons. The fraction of sp³-hybridized carbons (Fsp3) is 0.615. The lowest BCUT2D eigenvalue weighted by Gasteiger charge is -2.20. The van der Waals surface area contributed by atoms with Crippen molar-refractivity contribution >= 4 is 5.78 Å². The number of Topliss-reactive ketones (excluding diaryl/α,β-unsaturated/α-hetero) is 1. The Bertz CT molecular complexity index is 585. The minimum Gasteiger partial charge on any atom is -0.313 e. The number of aromatic nitrogens is 2. The number of aromatic amines is 1. The molecule has 0 saturated heterocycles. The lowest BCUT2D eigenvalue weighted by molar-refractivity contribution is 0.101. The Hall–Kier alpha value is -1.65. The maximum atomic E-state index is 12.2. The molecule has 3 atom stereocenters. The Morgan fingerprint density at radius 3 is 2.50 bits per heavy atom. The normalized spacial score (nSPS) is 27.4. The number of rotatable bonds is 2. The van der Waals surface area contributed by atoms with Crippen LogP contribution in [0.15, 0.2) is 15.8 Å². The van der Waals surface area contributed by atoms with E-state index in [1.807, 2.05) is 0 Å². The van der Waals surface area contributed by atoms with Crippen LogP contribution in [-0.2, 0) is 0 Å². The van der Waals surface area contributed by atoms with Gasteiger partial charge in [0.05, 0.1) is 5.56 Å². The van der Waals surface area contributed by atoms with Crippen LogP contribution < -0.4 is 11.2 Å². The van der Waals surface area contributed by atoms with Gasteiger partial charge in [-0.05, 0) is 31.6 Å². The third-order valence-corrected chi connectivity index (χ3v) is 4.14. The molecule has 1 saturated carbocycles. The highest BCUT2D eigenvalue weighted by atomic mass is 16.2. The molecule has 1 aromatic rings. The van der Waals surface area contributed by atoms with Gasteiger partial charge in [-0.3, -0.25) is 14.2 Å². The van der Waals surface area contributed by atoms with E-state index in [2.05, 4.69) is 18.8 Å². The first-order valence-electron chi connectivity index (χ1n) is 6.28. The van der Waals surface area contributed by atoms with Gasteiger partial charge in [0.2, 0.25) is 0 Å². The van der Waals surface area contributed by atoms with Gasteiger partial charge in [0.1, 0.15) is 0 Å². The highest BCUT2D eigenvalue weighted by molar-refractivity contribution is 5.93. The van der Waals surface area contributed by atoms with Crippen molar-refractivity contribution in [3.05, 3.63) is 32.6 Å². The van der Waals surface area contributed by atoms with Crippen LogP contribution in [0.3, 0.4) is 0 Å². The second kappa shape index (κ2) is 4.55. The van der Waals surface area contributed by atoms with Crippen molar-refractivity contribution in [2.24, 2.45) is 11.8 Å². The van der Waals surface area contributed by atoms with Crippen LogP contribution in [-0.4, -0.2) is 15.3 Å². The van der Waals surface area contributed by atoms with Gasteiger partial charge < -0.3 is 4.98 Å². The number of H-pyrrole nitrogens is 1. The predicted octanol–water partition coefficient (Wildman–Crippen LogP) is 1.35. The van der Waals surface area contributed by atoms with E-state index in [1.54, 1.807) is 0 Å². The van der Waals surface area contributed by atoms with Crippen molar-refractivity contribution in [1.82, 2.24) is 9.55 Å². The Kier molecular flexibility index (Phi) is 3.24. The quantitative estimate of drug-likeness (QED) is 0.805. The van der Waals surface area contributed by atoms with Gasteiger partial charge in [0, 0.05) is 12.2 Å². The molecule has 0 aliphatic heterocycles. The molecule has 5 nitrogen and oxygen atoms in total. The van der Waals surface area contributed by atoms with Crippen molar-refractivity contribution in [2.45, 2.75) is 39.7 Å². The zero-order chi connectivity index (χ0) is 13.4. The summed E-state index contributed by atoms with van der Waals surface area (Å²) in [6.45, 7) is 5.51. The van der Waals surface area contributed by atoms with E-state index in [1.165, 1.54) is 17.7 Å². The third-order valence-electron chi connectivity index (χ3n) is 4.14. The van der Waals surface area contributed by atoms with E-state index in [0.717, 1.165) is 12.8 Å². The summed E-state index contributed by atoms with van der Waals surface area (Å²) in [7, 11) is 0. The predicted molar refractivity (Wildman–Crippen MR) is 67.9 cm³/mol. The molecule has 1 aromatic heterocycles. The molecule has 1 aliphatic carbocycles. The number of carbonyl (C=O) groups is 1. The minimum atomic E-state index is -0.461. The standard InChI is InChI=1S/C13H18N2O3/c1-7-4-5-11(8(7)2)15-12(17)10(9(3)16)6-14-13(15)18/h6-8,11H,4-5H2,1-3H3,(H,14,18). The fourth-order valence-electron chi connectivity index (χ4n) is 2.74. The zero-order valence-corrected chi connectivity index (χ0v) is 10.9. The van der Waals surface area contributed by atoms with Crippen molar-refractivity contribution in [1.29, 1.82) is 0 Å². The van der Waals surface area contributed by atoms with Crippen molar-refractivity contribution in [3.63, 3.8) is 0 Å². The number of hydrogen-bond acceptors (Lipinski definition) is 3. The molecule has 1 N–H and O–H groups in total. The van der Waals surface area contributed by atoms with Gasteiger partial charge in [-0.15, -0.1) is 0 Å². The average molecular weight is 250 g/mol. The summed E-state index contributed by atoms with van der Waals surface area (Å²) >= 11 is 0. The summed E-state index contributed by atoms with van der Waals surface area (Å²) in [5.41, 5.74) is -0.825. The Morgan fingerprint density at radius 2 is 2.00 bits per heavy atom. The molecule has 18 heavy (non-hydrogen) atoms. The van der Waals surface area contributed by atoms with Crippen LogP contribution >= 0.6 is 0 Å². The van der Waals surface area contributed by atoms with Crippen molar-refractivity contribution < 1.29 is 4.79 Å². The number of nitrogens with zero attached hydrogens (tertiary/aromatic N) is 1. The largest absolute Gasteiger partial charge is 0.328 e. The van der Waals surface area contributed by atoms with E-state index in [9.17, 15) is 14.4 Å². The molecule has 1 aliphatic rings. The van der Waals surface area contributed by atoms with E-state index in [0.29, 0.717) is 5.92 Å². The van der Waals surface area contributed by atoms with Crippen LogP contribution in [0.2, 0.25) is 0 Å². The van der Waals surface area contributed by atoms with Gasteiger partial charge in [-0.2, -0.15) is 0 Å². The van der Waals surface area contributed by atoms with E-state index < -0.39 is 11.2 Å². The third kappa shape index (κ3) is 1.94. The monoisotopic (exact) mass is 250 g/mol. The first-order valence-corrected chi connectivity index (χ1v) is 6.28. The first kappa shape index (κ1) is 12.8. The van der Waals surface area contributed by atoms with Gasteiger partial charge >= 0.3 is 5.69 Å². The van der Waals surface area contributed by atoms with Gasteiger partial charge in [-0.25, -0.2) is 4.79 Å². The van der Waals surface area contributed by atoms with E-state index >= 15 is 0 Å². The molecule has 0 spiro atoms. The Morgan fingerprint density at radius 1 is 1.33 bits per heavy atom. The molecule has 3 unspecified atom stereocenters. The average Bonchev–Trinajstić information content (AvgIpc) is 2.61. The molecular weight excluding hydrogens is 232 g/mol. The summed E-state index contributed by atoms with van der Waals surface area (Å²) < 4.78 is 1.23. The van der Waals surface area contributed by atoms with Crippen LogP contribution in [0, 0.1) is 11.8 Å². The molecule has 5 heteroatoms. The number of carbonyl (C=O) groups excluding carboxylic acids is 1. The highest BCUT2D eigenvalue weighted by Gasteiger charge is 2.33. The maximum Gasteiger partial charge on any atom is 0.328 e. The van der Waals surface area contributed by atoms with Crippen molar-refractivity contribution in [2.75, 3.05) is 0 Å². The lowest BCUT2D eigenvalue weighted by atomic mass is 9.97. The summed E-state index contributed by atoms with van der Waals surface area (Å²) in [5, 5.41) is 0. The minimum absolute atomic E-state index is 0.0568. The molecule has 2 rings (SSSR count). The number of hydrogen-bond donors (Lipinski definition) is 1. The smallest absolute Gasteiger partial charge is 0.313 e. The Labute approximate surface area is 105 Å². The molecule has 0 amide bonds. The molecule has 0 bridgehead atoms. The van der Waals surface area contributed by atoms with Gasteiger partial charge in [0.25, 0.3) is 5.56 Å². The first-order chi connectivity index (χ1) is 8.43. The van der Waals surface area contributed by atoms with Crippen molar-refractivity contribution in [3.8, 4) is 0 Å². The molecule has 1 heterocycles. The SMILES string of the molecule is CC(=O)c1c[nH]c(=O)n(C2CCC(C)C2C)c1=O. The summed E-state index contributed by atoms with van der Waals surface area (Å²) in [6, 6.07) is -0.101. The lowest BCUT2D eigenvalue weighted by Crippen LogP contribution is -2.41. The van der Waals surface area contributed by atoms with E-state index in [4.69, 9.17) is 0 Å². The van der Waals surface area contributed by atoms with Crippen LogP contribution in [0.1, 0.15) is 50.0 Å². The fourth-order valence-corrected chi connectivity index (χ4v) is 2.74. The van der Waals surface area contributed by atoms with Crippen LogP contribution in [0.4, 0.5) is 0 Å². The van der Waals surface area contributed by atoms with Gasteiger partial charge in [0.15, 0.2) is 5.78 Å². The molecule has 0 aromatic carbocycles.